The Bertz CT molecular complexity index is 473. The van der Waals surface area contributed by atoms with Gasteiger partial charge in [-0.05, 0) is 31.0 Å². The summed E-state index contributed by atoms with van der Waals surface area (Å²) in [5.74, 6) is 0.498. The molecule has 1 saturated heterocycles. The molecule has 0 radical (unpaired) electrons. The second-order valence-corrected chi connectivity index (χ2v) is 5.31. The first-order valence-electron chi connectivity index (χ1n) is 6.62. The molecular weight excluding hydrogens is 280 g/mol. The highest BCUT2D eigenvalue weighted by Crippen LogP contribution is 2.27. The topological polar surface area (TPSA) is 61.8 Å². The molecule has 1 aromatic rings. The largest absolute Gasteiger partial charge is 0.495 e. The predicted octanol–water partition coefficient (Wildman–Crippen LogP) is 1.74. The summed E-state index contributed by atoms with van der Waals surface area (Å²) in [4.78, 5) is 14.0. The lowest BCUT2D eigenvalue weighted by Gasteiger charge is -2.28. The number of halogens is 1. The molecule has 20 heavy (non-hydrogen) atoms. The van der Waals surface area contributed by atoms with Gasteiger partial charge in [0.05, 0.1) is 24.8 Å². The lowest BCUT2D eigenvalue weighted by Crippen LogP contribution is -2.40. The molecule has 2 N–H and O–H groups in total. The smallest absolute Gasteiger partial charge is 0.238 e. The number of hydrogen-bond acceptors (Lipinski definition) is 4. The van der Waals surface area contributed by atoms with E-state index in [1.54, 1.807) is 25.3 Å². The molecule has 0 bridgehead atoms. The molecule has 1 aliphatic heterocycles. The Hall–Kier alpha value is -1.30. The van der Waals surface area contributed by atoms with E-state index in [1.165, 1.54) is 0 Å². The van der Waals surface area contributed by atoms with E-state index in [0.717, 1.165) is 25.9 Å². The molecule has 5 nitrogen and oxygen atoms in total. The maximum absolute atomic E-state index is 11.9. The standard InChI is InChI=1S/C14H19ClN2O3/c1-20-13-3-2-10(8-12(13)15)16-14(19)9-17-6-4-11(18)5-7-17/h2-3,8,11,18H,4-7,9H2,1H3,(H,16,19). The molecule has 1 aromatic carbocycles. The van der Waals surface area contributed by atoms with Crippen LogP contribution in [0.25, 0.3) is 0 Å². The van der Waals surface area contributed by atoms with Crippen molar-refractivity contribution in [2.45, 2.75) is 18.9 Å². The summed E-state index contributed by atoms with van der Waals surface area (Å²) in [6.07, 6.45) is 1.22. The minimum atomic E-state index is -0.227. The van der Waals surface area contributed by atoms with Gasteiger partial charge in [-0.25, -0.2) is 0 Å². The number of hydrogen-bond donors (Lipinski definition) is 2. The number of benzene rings is 1. The van der Waals surface area contributed by atoms with Gasteiger partial charge in [0.15, 0.2) is 0 Å². The number of carbonyl (C=O) groups excluding carboxylic acids is 1. The summed E-state index contributed by atoms with van der Waals surface area (Å²) >= 11 is 6.01. The van der Waals surface area contributed by atoms with Gasteiger partial charge in [0.2, 0.25) is 5.91 Å². The quantitative estimate of drug-likeness (QED) is 0.889. The second kappa shape index (κ2) is 6.92. The van der Waals surface area contributed by atoms with Gasteiger partial charge in [0.25, 0.3) is 0 Å². The SMILES string of the molecule is COc1ccc(NC(=O)CN2CCC(O)CC2)cc1Cl. The van der Waals surface area contributed by atoms with E-state index in [9.17, 15) is 9.90 Å². The molecule has 0 atom stereocenters. The number of amides is 1. The van der Waals surface area contributed by atoms with Gasteiger partial charge in [-0.15, -0.1) is 0 Å². The number of nitrogens with zero attached hydrogens (tertiary/aromatic N) is 1. The van der Waals surface area contributed by atoms with Crippen LogP contribution in [-0.2, 0) is 4.79 Å². The average Bonchev–Trinajstić information content (AvgIpc) is 2.41. The second-order valence-electron chi connectivity index (χ2n) is 4.90. The zero-order valence-electron chi connectivity index (χ0n) is 11.4. The van der Waals surface area contributed by atoms with E-state index in [-0.39, 0.29) is 12.0 Å². The maximum atomic E-state index is 11.9. The number of piperidine rings is 1. The normalized spacial score (nSPS) is 16.9. The van der Waals surface area contributed by atoms with E-state index >= 15 is 0 Å². The first-order valence-corrected chi connectivity index (χ1v) is 7.00. The molecule has 0 spiro atoms. The highest BCUT2D eigenvalue weighted by molar-refractivity contribution is 6.32. The molecule has 0 saturated carbocycles. The molecule has 0 aliphatic carbocycles. The van der Waals surface area contributed by atoms with Crippen LogP contribution in [0.3, 0.4) is 0 Å². The summed E-state index contributed by atoms with van der Waals surface area (Å²) in [6.45, 7) is 1.83. The van der Waals surface area contributed by atoms with Crippen LogP contribution in [0.1, 0.15) is 12.8 Å². The van der Waals surface area contributed by atoms with Crippen LogP contribution in [0.15, 0.2) is 18.2 Å². The van der Waals surface area contributed by atoms with Crippen LogP contribution in [0.2, 0.25) is 5.02 Å². The molecule has 0 unspecified atom stereocenters. The zero-order valence-corrected chi connectivity index (χ0v) is 12.2. The number of rotatable bonds is 4. The van der Waals surface area contributed by atoms with Crippen molar-refractivity contribution in [3.63, 3.8) is 0 Å². The van der Waals surface area contributed by atoms with E-state index in [0.29, 0.717) is 23.0 Å². The van der Waals surface area contributed by atoms with E-state index in [2.05, 4.69) is 5.32 Å². The number of aliphatic hydroxyl groups excluding tert-OH is 1. The molecule has 1 amide bonds. The summed E-state index contributed by atoms with van der Waals surface area (Å²) in [5, 5.41) is 12.7. The number of carbonyl (C=O) groups is 1. The van der Waals surface area contributed by atoms with Gasteiger partial charge in [0, 0.05) is 18.8 Å². The lowest BCUT2D eigenvalue weighted by atomic mass is 10.1. The van der Waals surface area contributed by atoms with Crippen molar-refractivity contribution in [1.82, 2.24) is 4.90 Å². The fourth-order valence-corrected chi connectivity index (χ4v) is 2.48. The maximum Gasteiger partial charge on any atom is 0.238 e. The van der Waals surface area contributed by atoms with Crippen molar-refractivity contribution < 1.29 is 14.6 Å². The van der Waals surface area contributed by atoms with Gasteiger partial charge in [0.1, 0.15) is 5.75 Å². The fourth-order valence-electron chi connectivity index (χ4n) is 2.23. The summed E-state index contributed by atoms with van der Waals surface area (Å²) in [7, 11) is 1.55. The Labute approximate surface area is 123 Å². The van der Waals surface area contributed by atoms with Gasteiger partial charge in [-0.2, -0.15) is 0 Å². The van der Waals surface area contributed by atoms with Gasteiger partial charge >= 0.3 is 0 Å². The first kappa shape index (κ1) is 15.1. The molecule has 110 valence electrons. The highest BCUT2D eigenvalue weighted by Gasteiger charge is 2.19. The Morgan fingerprint density at radius 3 is 2.80 bits per heavy atom. The summed E-state index contributed by atoms with van der Waals surface area (Å²) < 4.78 is 5.06. The van der Waals surface area contributed by atoms with Crippen LogP contribution in [0.4, 0.5) is 5.69 Å². The van der Waals surface area contributed by atoms with Crippen LogP contribution in [-0.4, -0.2) is 48.8 Å². The number of methoxy groups -OCH3 is 1. The number of ether oxygens (including phenoxy) is 1. The van der Waals surface area contributed by atoms with Crippen LogP contribution >= 0.6 is 11.6 Å². The predicted molar refractivity (Wildman–Crippen MR) is 78.3 cm³/mol. The Balaban J connectivity index is 1.86. The Morgan fingerprint density at radius 1 is 1.50 bits per heavy atom. The third-order valence-corrected chi connectivity index (χ3v) is 3.66. The molecule has 1 aliphatic rings. The molecule has 0 aromatic heterocycles. The van der Waals surface area contributed by atoms with Gasteiger partial charge < -0.3 is 15.2 Å². The summed E-state index contributed by atoms with van der Waals surface area (Å²) in [6, 6.07) is 5.13. The molecular formula is C14H19ClN2O3. The number of anilines is 1. The molecule has 1 heterocycles. The molecule has 1 fully saturated rings. The summed E-state index contributed by atoms with van der Waals surface area (Å²) in [5.41, 5.74) is 0.651. The van der Waals surface area contributed by atoms with Crippen molar-refractivity contribution in [1.29, 1.82) is 0 Å². The van der Waals surface area contributed by atoms with E-state index < -0.39 is 0 Å². The van der Waals surface area contributed by atoms with Gasteiger partial charge in [-0.1, -0.05) is 11.6 Å². The van der Waals surface area contributed by atoms with Crippen molar-refractivity contribution in [2.75, 3.05) is 32.1 Å². The van der Waals surface area contributed by atoms with Gasteiger partial charge in [-0.3, -0.25) is 9.69 Å². The van der Waals surface area contributed by atoms with Crippen molar-refractivity contribution >= 4 is 23.2 Å². The zero-order chi connectivity index (χ0) is 14.5. The van der Waals surface area contributed by atoms with E-state index in [4.69, 9.17) is 16.3 Å². The van der Waals surface area contributed by atoms with E-state index in [1.807, 2.05) is 4.90 Å². The minimum Gasteiger partial charge on any atom is -0.495 e. The lowest BCUT2D eigenvalue weighted by molar-refractivity contribution is -0.117. The molecule has 6 heteroatoms. The third-order valence-electron chi connectivity index (χ3n) is 3.36. The number of nitrogens with one attached hydrogen (secondary N) is 1. The van der Waals surface area contributed by atoms with Crippen LogP contribution in [0.5, 0.6) is 5.75 Å². The third kappa shape index (κ3) is 4.10. The fraction of sp³-hybridized carbons (Fsp3) is 0.500. The first-order chi connectivity index (χ1) is 9.58. The minimum absolute atomic E-state index is 0.0809. The van der Waals surface area contributed by atoms with Crippen molar-refractivity contribution in [3.05, 3.63) is 23.2 Å². The average molecular weight is 299 g/mol. The molecule has 2 rings (SSSR count). The monoisotopic (exact) mass is 298 g/mol. The number of likely N-dealkylation sites (tertiary alicyclic amines) is 1. The number of aliphatic hydroxyl groups is 1. The van der Waals surface area contributed by atoms with Crippen molar-refractivity contribution in [3.8, 4) is 5.75 Å². The van der Waals surface area contributed by atoms with Crippen LogP contribution in [0, 0.1) is 0 Å². The Kier molecular flexibility index (Phi) is 5.23. The highest BCUT2D eigenvalue weighted by atomic mass is 35.5. The Morgan fingerprint density at radius 2 is 2.20 bits per heavy atom. The van der Waals surface area contributed by atoms with Crippen LogP contribution < -0.4 is 10.1 Å². The van der Waals surface area contributed by atoms with Crippen molar-refractivity contribution in [2.24, 2.45) is 0 Å².